The van der Waals surface area contributed by atoms with E-state index in [0.717, 1.165) is 55.2 Å². The lowest BCUT2D eigenvalue weighted by Crippen LogP contribution is -2.29. The average molecular weight is 325 g/mol. The zero-order valence-corrected chi connectivity index (χ0v) is 14.5. The second kappa shape index (κ2) is 5.65. The first kappa shape index (κ1) is 15.2. The van der Waals surface area contributed by atoms with Crippen molar-refractivity contribution in [3.05, 3.63) is 46.3 Å². The Labute approximate surface area is 142 Å². The van der Waals surface area contributed by atoms with E-state index < -0.39 is 0 Å². The summed E-state index contributed by atoms with van der Waals surface area (Å²) in [4.78, 5) is 14.9. The van der Waals surface area contributed by atoms with E-state index >= 15 is 0 Å². The van der Waals surface area contributed by atoms with E-state index in [9.17, 15) is 4.79 Å². The lowest BCUT2D eigenvalue weighted by molar-refractivity contribution is 0.0789. The minimum Gasteiger partial charge on any atom is -0.493 e. The lowest BCUT2D eigenvalue weighted by Gasteiger charge is -2.17. The molecule has 5 heteroatoms. The van der Waals surface area contributed by atoms with Crippen LogP contribution in [0.2, 0.25) is 0 Å². The summed E-state index contributed by atoms with van der Waals surface area (Å²) in [5.41, 5.74) is 5.15. The normalized spacial score (nSPS) is 19.5. The molecule has 0 spiro atoms. The largest absolute Gasteiger partial charge is 0.493 e. The van der Waals surface area contributed by atoms with E-state index in [0.29, 0.717) is 5.92 Å². The topological polar surface area (TPSA) is 47.4 Å². The standard InChI is InChI=1S/C19H23N3O2/c1-12-18(13(2)21(3)20-12)19(23)22-8-6-16(11-22)14-4-5-17-15(10-14)7-9-24-17/h4-5,10,16H,6-9,11H2,1-3H3/t16-/m1/s1. The van der Waals surface area contributed by atoms with Crippen LogP contribution in [0, 0.1) is 13.8 Å². The van der Waals surface area contributed by atoms with Gasteiger partial charge in [-0.3, -0.25) is 9.48 Å². The van der Waals surface area contributed by atoms with Crippen LogP contribution in [0.5, 0.6) is 5.75 Å². The third kappa shape index (κ3) is 2.39. The number of aryl methyl sites for hydroxylation is 2. The fourth-order valence-electron chi connectivity index (χ4n) is 3.92. The highest BCUT2D eigenvalue weighted by Gasteiger charge is 2.31. The predicted octanol–water partition coefficient (Wildman–Crippen LogP) is 2.60. The summed E-state index contributed by atoms with van der Waals surface area (Å²) in [6, 6.07) is 6.50. The molecule has 1 aromatic carbocycles. The van der Waals surface area contributed by atoms with Gasteiger partial charge in [0.15, 0.2) is 0 Å². The number of fused-ring (bicyclic) bond motifs is 1. The molecule has 4 rings (SSSR count). The first-order chi connectivity index (χ1) is 11.5. The van der Waals surface area contributed by atoms with Gasteiger partial charge in [0.05, 0.1) is 17.9 Å². The number of amides is 1. The summed E-state index contributed by atoms with van der Waals surface area (Å²) >= 11 is 0. The fourth-order valence-corrected chi connectivity index (χ4v) is 3.92. The number of aromatic nitrogens is 2. The van der Waals surface area contributed by atoms with Gasteiger partial charge in [0.25, 0.3) is 5.91 Å². The Balaban J connectivity index is 1.53. The van der Waals surface area contributed by atoms with Gasteiger partial charge >= 0.3 is 0 Å². The van der Waals surface area contributed by atoms with Crippen LogP contribution in [0.4, 0.5) is 0 Å². The maximum Gasteiger partial charge on any atom is 0.257 e. The molecule has 0 saturated carbocycles. The molecule has 1 saturated heterocycles. The molecule has 0 radical (unpaired) electrons. The van der Waals surface area contributed by atoms with Crippen LogP contribution in [0.1, 0.15) is 45.2 Å². The highest BCUT2D eigenvalue weighted by atomic mass is 16.5. The van der Waals surface area contributed by atoms with Crippen molar-refractivity contribution in [2.75, 3.05) is 19.7 Å². The number of carbonyl (C=O) groups is 1. The van der Waals surface area contributed by atoms with Gasteiger partial charge in [-0.05, 0) is 37.5 Å². The molecule has 2 aliphatic rings. The van der Waals surface area contributed by atoms with Crippen LogP contribution in [0.25, 0.3) is 0 Å². The van der Waals surface area contributed by atoms with E-state index in [4.69, 9.17) is 4.74 Å². The highest BCUT2D eigenvalue weighted by molar-refractivity contribution is 5.96. The minimum atomic E-state index is 0.116. The van der Waals surface area contributed by atoms with Crippen LogP contribution in [0.15, 0.2) is 18.2 Å². The second-order valence-corrected chi connectivity index (χ2v) is 6.87. The Hall–Kier alpha value is -2.30. The molecule has 0 aliphatic carbocycles. The van der Waals surface area contributed by atoms with Crippen LogP contribution in [-0.4, -0.2) is 40.3 Å². The van der Waals surface area contributed by atoms with Crippen molar-refractivity contribution in [3.63, 3.8) is 0 Å². The van der Waals surface area contributed by atoms with E-state index in [1.54, 1.807) is 4.68 Å². The summed E-state index contributed by atoms with van der Waals surface area (Å²) in [5.74, 6) is 1.55. The van der Waals surface area contributed by atoms with Gasteiger partial charge in [0.1, 0.15) is 5.75 Å². The molecule has 126 valence electrons. The fraction of sp³-hybridized carbons (Fsp3) is 0.474. The molecular formula is C19H23N3O2. The molecule has 1 aromatic heterocycles. The number of ether oxygens (including phenoxy) is 1. The van der Waals surface area contributed by atoms with Crippen LogP contribution in [-0.2, 0) is 13.5 Å². The number of carbonyl (C=O) groups excluding carboxylic acids is 1. The first-order valence-corrected chi connectivity index (χ1v) is 8.59. The Bertz CT molecular complexity index is 809. The van der Waals surface area contributed by atoms with Gasteiger partial charge in [-0.1, -0.05) is 12.1 Å². The molecule has 0 unspecified atom stereocenters. The summed E-state index contributed by atoms with van der Waals surface area (Å²) in [5, 5.41) is 4.37. The molecular weight excluding hydrogens is 302 g/mol. The number of likely N-dealkylation sites (tertiary alicyclic amines) is 1. The molecule has 5 nitrogen and oxygen atoms in total. The number of hydrogen-bond acceptors (Lipinski definition) is 3. The van der Waals surface area contributed by atoms with E-state index in [1.165, 1.54) is 11.1 Å². The quantitative estimate of drug-likeness (QED) is 0.853. The number of nitrogens with zero attached hydrogens (tertiary/aromatic N) is 3. The maximum absolute atomic E-state index is 12.9. The number of benzene rings is 1. The van der Waals surface area contributed by atoms with Crippen molar-refractivity contribution in [1.29, 1.82) is 0 Å². The van der Waals surface area contributed by atoms with Gasteiger partial charge in [0.2, 0.25) is 0 Å². The maximum atomic E-state index is 12.9. The van der Waals surface area contributed by atoms with Gasteiger partial charge in [0, 0.05) is 38.2 Å². The van der Waals surface area contributed by atoms with Gasteiger partial charge in [-0.25, -0.2) is 0 Å². The molecule has 2 aromatic rings. The summed E-state index contributed by atoms with van der Waals surface area (Å²) in [6.45, 7) is 6.25. The molecule has 2 aliphatic heterocycles. The van der Waals surface area contributed by atoms with Gasteiger partial charge < -0.3 is 9.64 Å². The Morgan fingerprint density at radius 2 is 2.17 bits per heavy atom. The molecule has 1 fully saturated rings. The molecule has 3 heterocycles. The summed E-state index contributed by atoms with van der Waals surface area (Å²) in [7, 11) is 1.89. The average Bonchev–Trinajstić information content (AvgIpc) is 3.27. The van der Waals surface area contributed by atoms with Gasteiger partial charge in [-0.15, -0.1) is 0 Å². The molecule has 24 heavy (non-hydrogen) atoms. The second-order valence-electron chi connectivity index (χ2n) is 6.87. The molecule has 1 atom stereocenters. The minimum absolute atomic E-state index is 0.116. The van der Waals surface area contributed by atoms with E-state index in [-0.39, 0.29) is 5.91 Å². The van der Waals surface area contributed by atoms with Crippen molar-refractivity contribution in [1.82, 2.24) is 14.7 Å². The Morgan fingerprint density at radius 3 is 2.92 bits per heavy atom. The number of rotatable bonds is 2. The smallest absolute Gasteiger partial charge is 0.257 e. The molecule has 0 N–H and O–H groups in total. The first-order valence-electron chi connectivity index (χ1n) is 8.59. The van der Waals surface area contributed by atoms with E-state index in [1.807, 2.05) is 25.8 Å². The number of hydrogen-bond donors (Lipinski definition) is 0. The summed E-state index contributed by atoms with van der Waals surface area (Å²) in [6.07, 6.45) is 2.01. The third-order valence-electron chi connectivity index (χ3n) is 5.38. The van der Waals surface area contributed by atoms with Crippen molar-refractivity contribution in [2.24, 2.45) is 7.05 Å². The molecule has 1 amide bonds. The van der Waals surface area contributed by atoms with Crippen molar-refractivity contribution in [3.8, 4) is 5.75 Å². The van der Waals surface area contributed by atoms with Gasteiger partial charge in [-0.2, -0.15) is 5.10 Å². The van der Waals surface area contributed by atoms with Crippen molar-refractivity contribution >= 4 is 5.91 Å². The Kier molecular flexibility index (Phi) is 3.59. The predicted molar refractivity (Wildman–Crippen MR) is 91.6 cm³/mol. The zero-order valence-electron chi connectivity index (χ0n) is 14.5. The SMILES string of the molecule is Cc1nn(C)c(C)c1C(=O)N1CC[C@@H](c2ccc3c(c2)CCO3)C1. The lowest BCUT2D eigenvalue weighted by atomic mass is 9.96. The van der Waals surface area contributed by atoms with Crippen molar-refractivity contribution < 1.29 is 9.53 Å². The van der Waals surface area contributed by atoms with Crippen LogP contribution >= 0.6 is 0 Å². The molecule has 0 bridgehead atoms. The van der Waals surface area contributed by atoms with Crippen molar-refractivity contribution in [2.45, 2.75) is 32.6 Å². The van der Waals surface area contributed by atoms with E-state index in [2.05, 4.69) is 23.3 Å². The monoisotopic (exact) mass is 325 g/mol. The van der Waals surface area contributed by atoms with Crippen LogP contribution < -0.4 is 4.74 Å². The highest BCUT2D eigenvalue weighted by Crippen LogP contribution is 2.33. The summed E-state index contributed by atoms with van der Waals surface area (Å²) < 4.78 is 7.38. The Morgan fingerprint density at radius 1 is 1.33 bits per heavy atom. The third-order valence-corrected chi connectivity index (χ3v) is 5.38. The zero-order chi connectivity index (χ0) is 16.8. The van der Waals surface area contributed by atoms with Crippen LogP contribution in [0.3, 0.4) is 0 Å².